The average molecular weight is 289 g/mol. The topological polar surface area (TPSA) is 41.5 Å². The first-order valence-electron chi connectivity index (χ1n) is 8.14. The van der Waals surface area contributed by atoms with E-state index in [0.717, 1.165) is 44.4 Å². The minimum atomic E-state index is -0.527. The molecule has 0 radical (unpaired) electrons. The van der Waals surface area contributed by atoms with Gasteiger partial charge in [-0.1, -0.05) is 32.0 Å². The Labute approximate surface area is 127 Å². The third-order valence-corrected chi connectivity index (χ3v) is 5.07. The molecule has 0 aromatic heterocycles. The summed E-state index contributed by atoms with van der Waals surface area (Å²) < 4.78 is 5.92. The first-order valence-corrected chi connectivity index (χ1v) is 8.14. The van der Waals surface area contributed by atoms with Crippen LogP contribution in [0.3, 0.4) is 0 Å². The van der Waals surface area contributed by atoms with Crippen molar-refractivity contribution in [3.63, 3.8) is 0 Å². The lowest BCUT2D eigenvalue weighted by atomic mass is 9.71. The molecule has 3 heteroatoms. The van der Waals surface area contributed by atoms with Gasteiger partial charge >= 0.3 is 0 Å². The summed E-state index contributed by atoms with van der Waals surface area (Å²) in [7, 11) is 0. The summed E-state index contributed by atoms with van der Waals surface area (Å²) in [5.74, 6) is 1.02. The lowest BCUT2D eigenvalue weighted by molar-refractivity contribution is -0.0252. The van der Waals surface area contributed by atoms with E-state index in [0.29, 0.717) is 12.0 Å². The van der Waals surface area contributed by atoms with E-state index in [9.17, 15) is 5.11 Å². The fraction of sp³-hybridized carbons (Fsp3) is 0.667. The second kappa shape index (κ2) is 5.62. The Hall–Kier alpha value is -1.06. The molecule has 2 N–H and O–H groups in total. The number of benzene rings is 1. The van der Waals surface area contributed by atoms with E-state index in [-0.39, 0.29) is 6.10 Å². The van der Waals surface area contributed by atoms with Gasteiger partial charge in [0, 0.05) is 19.5 Å². The van der Waals surface area contributed by atoms with Gasteiger partial charge in [0.15, 0.2) is 0 Å². The normalized spacial score (nSPS) is 26.1. The zero-order valence-corrected chi connectivity index (χ0v) is 13.2. The van der Waals surface area contributed by atoms with Crippen LogP contribution in [0.5, 0.6) is 5.75 Å². The molecule has 1 unspecified atom stereocenters. The molecule has 0 spiro atoms. The van der Waals surface area contributed by atoms with Crippen molar-refractivity contribution in [3.8, 4) is 5.75 Å². The van der Waals surface area contributed by atoms with Crippen molar-refractivity contribution in [3.05, 3.63) is 29.8 Å². The van der Waals surface area contributed by atoms with E-state index >= 15 is 0 Å². The van der Waals surface area contributed by atoms with E-state index in [1.807, 2.05) is 12.1 Å². The molecule has 1 aliphatic heterocycles. The van der Waals surface area contributed by atoms with Gasteiger partial charge in [-0.05, 0) is 42.7 Å². The predicted molar refractivity (Wildman–Crippen MR) is 84.6 cm³/mol. The van der Waals surface area contributed by atoms with Crippen molar-refractivity contribution < 1.29 is 9.84 Å². The number of fused-ring (bicyclic) bond motifs is 1. The van der Waals surface area contributed by atoms with Crippen LogP contribution in [0.4, 0.5) is 0 Å². The van der Waals surface area contributed by atoms with E-state index in [1.165, 1.54) is 5.56 Å². The van der Waals surface area contributed by atoms with Crippen LogP contribution in [-0.4, -0.2) is 29.9 Å². The molecule has 0 bridgehead atoms. The summed E-state index contributed by atoms with van der Waals surface area (Å²) in [4.78, 5) is 0. The maximum atomic E-state index is 10.6. The van der Waals surface area contributed by atoms with Crippen LogP contribution in [0.15, 0.2) is 24.3 Å². The molecule has 1 heterocycles. The molecule has 1 fully saturated rings. The third kappa shape index (κ3) is 3.58. The van der Waals surface area contributed by atoms with Gasteiger partial charge in [-0.2, -0.15) is 0 Å². The van der Waals surface area contributed by atoms with Gasteiger partial charge in [0.25, 0.3) is 0 Å². The number of hydrogen-bond donors (Lipinski definition) is 2. The zero-order chi connectivity index (χ0) is 14.9. The third-order valence-electron chi connectivity index (χ3n) is 5.07. The molecule has 0 saturated heterocycles. The summed E-state index contributed by atoms with van der Waals surface area (Å²) in [5, 5.41) is 14.1. The number of nitrogens with one attached hydrogen (secondary N) is 1. The second-order valence-corrected chi connectivity index (χ2v) is 7.57. The van der Waals surface area contributed by atoms with Gasteiger partial charge in [0.1, 0.15) is 11.9 Å². The smallest absolute Gasteiger partial charge is 0.123 e. The SMILES string of the molecule is CC1(C)CCC(O)(CNCC2Cc3ccccc3O2)CC1. The molecule has 0 amide bonds. The molecule has 116 valence electrons. The quantitative estimate of drug-likeness (QED) is 0.895. The Morgan fingerprint density at radius 3 is 2.62 bits per heavy atom. The molecular weight excluding hydrogens is 262 g/mol. The van der Waals surface area contributed by atoms with Gasteiger partial charge in [-0.3, -0.25) is 0 Å². The molecule has 2 aliphatic rings. The monoisotopic (exact) mass is 289 g/mol. The van der Waals surface area contributed by atoms with Crippen molar-refractivity contribution >= 4 is 0 Å². The van der Waals surface area contributed by atoms with Crippen LogP contribution < -0.4 is 10.1 Å². The fourth-order valence-corrected chi connectivity index (χ4v) is 3.40. The number of para-hydroxylation sites is 1. The molecule has 1 aromatic rings. The standard InChI is InChI=1S/C18H27NO2/c1-17(2)7-9-18(20,10-8-17)13-19-12-15-11-14-5-3-4-6-16(14)21-15/h3-6,15,19-20H,7-13H2,1-2H3. The molecule has 21 heavy (non-hydrogen) atoms. The Balaban J connectivity index is 1.43. The summed E-state index contributed by atoms with van der Waals surface area (Å²) in [6, 6.07) is 8.24. The zero-order valence-electron chi connectivity index (χ0n) is 13.2. The molecular formula is C18H27NO2. The Kier molecular flexibility index (Phi) is 3.98. The minimum Gasteiger partial charge on any atom is -0.488 e. The van der Waals surface area contributed by atoms with Crippen LogP contribution in [-0.2, 0) is 6.42 Å². The first kappa shape index (κ1) is 14.9. The number of rotatable bonds is 4. The van der Waals surface area contributed by atoms with E-state index < -0.39 is 5.60 Å². The molecule has 3 nitrogen and oxygen atoms in total. The van der Waals surface area contributed by atoms with Crippen LogP contribution in [0, 0.1) is 5.41 Å². The van der Waals surface area contributed by atoms with Gasteiger partial charge < -0.3 is 15.2 Å². The van der Waals surface area contributed by atoms with Crippen LogP contribution in [0.25, 0.3) is 0 Å². The minimum absolute atomic E-state index is 0.200. The average Bonchev–Trinajstić information content (AvgIpc) is 2.85. The summed E-state index contributed by atoms with van der Waals surface area (Å²) in [5.41, 5.74) is 1.16. The summed E-state index contributed by atoms with van der Waals surface area (Å²) in [6.07, 6.45) is 5.19. The highest BCUT2D eigenvalue weighted by atomic mass is 16.5. The molecule has 1 saturated carbocycles. The van der Waals surface area contributed by atoms with Crippen molar-refractivity contribution in [2.45, 2.75) is 57.7 Å². The number of ether oxygens (including phenoxy) is 1. The molecule has 1 atom stereocenters. The molecule has 1 aliphatic carbocycles. The van der Waals surface area contributed by atoms with Gasteiger partial charge in [-0.15, -0.1) is 0 Å². The summed E-state index contributed by atoms with van der Waals surface area (Å²) in [6.45, 7) is 6.08. The van der Waals surface area contributed by atoms with Crippen LogP contribution in [0.2, 0.25) is 0 Å². The van der Waals surface area contributed by atoms with Crippen molar-refractivity contribution in [2.75, 3.05) is 13.1 Å². The fourth-order valence-electron chi connectivity index (χ4n) is 3.40. The lowest BCUT2D eigenvalue weighted by Crippen LogP contribution is -2.46. The Morgan fingerprint density at radius 1 is 1.19 bits per heavy atom. The Bertz CT molecular complexity index is 463. The lowest BCUT2D eigenvalue weighted by Gasteiger charge is -2.40. The first-order chi connectivity index (χ1) is 9.96. The van der Waals surface area contributed by atoms with Crippen molar-refractivity contribution in [2.24, 2.45) is 5.41 Å². The summed E-state index contributed by atoms with van der Waals surface area (Å²) >= 11 is 0. The molecule has 3 rings (SSSR count). The number of hydrogen-bond acceptors (Lipinski definition) is 3. The van der Waals surface area contributed by atoms with Crippen molar-refractivity contribution in [1.29, 1.82) is 0 Å². The maximum Gasteiger partial charge on any atom is 0.123 e. The molecule has 1 aromatic carbocycles. The maximum absolute atomic E-state index is 10.6. The highest BCUT2D eigenvalue weighted by molar-refractivity contribution is 5.37. The van der Waals surface area contributed by atoms with Gasteiger partial charge in [-0.25, -0.2) is 0 Å². The van der Waals surface area contributed by atoms with Gasteiger partial charge in [0.2, 0.25) is 0 Å². The van der Waals surface area contributed by atoms with E-state index in [4.69, 9.17) is 4.74 Å². The largest absolute Gasteiger partial charge is 0.488 e. The van der Waals surface area contributed by atoms with E-state index in [2.05, 4.69) is 31.3 Å². The number of aliphatic hydroxyl groups is 1. The second-order valence-electron chi connectivity index (χ2n) is 7.57. The van der Waals surface area contributed by atoms with E-state index in [1.54, 1.807) is 0 Å². The Morgan fingerprint density at radius 2 is 1.90 bits per heavy atom. The van der Waals surface area contributed by atoms with Crippen LogP contribution >= 0.6 is 0 Å². The predicted octanol–water partition coefficient (Wildman–Crippen LogP) is 2.91. The highest BCUT2D eigenvalue weighted by Crippen LogP contribution is 2.39. The van der Waals surface area contributed by atoms with Crippen molar-refractivity contribution in [1.82, 2.24) is 5.32 Å². The van der Waals surface area contributed by atoms with Crippen LogP contribution in [0.1, 0.15) is 45.1 Å². The van der Waals surface area contributed by atoms with Gasteiger partial charge in [0.05, 0.1) is 5.60 Å². The highest BCUT2D eigenvalue weighted by Gasteiger charge is 2.36.